The van der Waals surface area contributed by atoms with E-state index in [4.69, 9.17) is 0 Å². The summed E-state index contributed by atoms with van der Waals surface area (Å²) in [5.41, 5.74) is 3.02. The standard InChI is InChI=1S/C14H20Br2S/c1-3-17-8-7-14(10-15,11-16)13-6-4-5-12(2)9-13/h4-6,9H,3,7-8,10-11H2,1-2H3. The van der Waals surface area contributed by atoms with Crippen molar-refractivity contribution in [3.8, 4) is 0 Å². The van der Waals surface area contributed by atoms with Crippen LogP contribution in [0.4, 0.5) is 0 Å². The van der Waals surface area contributed by atoms with Crippen molar-refractivity contribution in [3.63, 3.8) is 0 Å². The third-order valence-electron chi connectivity index (χ3n) is 3.07. The van der Waals surface area contributed by atoms with Gasteiger partial charge in [0.05, 0.1) is 0 Å². The summed E-state index contributed by atoms with van der Waals surface area (Å²) in [7, 11) is 0. The first-order chi connectivity index (χ1) is 8.18. The van der Waals surface area contributed by atoms with E-state index in [9.17, 15) is 0 Å². The van der Waals surface area contributed by atoms with E-state index in [0.29, 0.717) is 0 Å². The van der Waals surface area contributed by atoms with Crippen molar-refractivity contribution in [1.29, 1.82) is 0 Å². The van der Waals surface area contributed by atoms with Gasteiger partial charge in [-0.25, -0.2) is 0 Å². The van der Waals surface area contributed by atoms with Crippen LogP contribution in [0.5, 0.6) is 0 Å². The van der Waals surface area contributed by atoms with Crippen LogP contribution in [0.3, 0.4) is 0 Å². The smallest absolute Gasteiger partial charge is 0.0155 e. The largest absolute Gasteiger partial charge is 0.162 e. The molecule has 0 aliphatic rings. The van der Waals surface area contributed by atoms with E-state index in [2.05, 4.69) is 70.0 Å². The third kappa shape index (κ3) is 4.29. The summed E-state index contributed by atoms with van der Waals surface area (Å²) in [4.78, 5) is 0. The molecule has 96 valence electrons. The van der Waals surface area contributed by atoms with Crippen molar-refractivity contribution < 1.29 is 0 Å². The second-order valence-corrected chi connectivity index (χ2v) is 6.88. The molecular formula is C14H20Br2S. The number of hydrogen-bond donors (Lipinski definition) is 0. The lowest BCUT2D eigenvalue weighted by Crippen LogP contribution is -2.31. The van der Waals surface area contributed by atoms with Gasteiger partial charge in [0.25, 0.3) is 0 Å². The minimum Gasteiger partial charge on any atom is -0.162 e. The second-order valence-electron chi connectivity index (χ2n) is 4.36. The summed E-state index contributed by atoms with van der Waals surface area (Å²) < 4.78 is 0. The molecule has 0 aliphatic carbocycles. The van der Waals surface area contributed by atoms with Gasteiger partial charge in [0.15, 0.2) is 0 Å². The zero-order chi connectivity index (χ0) is 12.7. The monoisotopic (exact) mass is 378 g/mol. The summed E-state index contributed by atoms with van der Waals surface area (Å²) >= 11 is 9.44. The van der Waals surface area contributed by atoms with E-state index in [0.717, 1.165) is 10.7 Å². The van der Waals surface area contributed by atoms with E-state index >= 15 is 0 Å². The lowest BCUT2D eigenvalue weighted by atomic mass is 9.81. The van der Waals surface area contributed by atoms with E-state index in [1.54, 1.807) is 0 Å². The molecule has 0 saturated heterocycles. The van der Waals surface area contributed by atoms with Crippen LogP contribution in [-0.2, 0) is 5.41 Å². The number of halogens is 2. The lowest BCUT2D eigenvalue weighted by Gasteiger charge is -2.31. The molecule has 0 N–H and O–H groups in total. The number of alkyl halides is 2. The summed E-state index contributed by atoms with van der Waals surface area (Å²) in [6.45, 7) is 4.39. The summed E-state index contributed by atoms with van der Waals surface area (Å²) in [6, 6.07) is 8.90. The molecule has 1 aromatic rings. The Hall–Kier alpha value is 0.530. The van der Waals surface area contributed by atoms with Crippen LogP contribution in [0.25, 0.3) is 0 Å². The van der Waals surface area contributed by atoms with Gasteiger partial charge in [-0.3, -0.25) is 0 Å². The Morgan fingerprint density at radius 2 is 1.94 bits per heavy atom. The maximum atomic E-state index is 3.71. The number of aryl methyl sites for hydroxylation is 1. The molecule has 0 nitrogen and oxygen atoms in total. The van der Waals surface area contributed by atoms with Crippen molar-refractivity contribution in [1.82, 2.24) is 0 Å². The first kappa shape index (κ1) is 15.6. The molecule has 0 saturated carbocycles. The Balaban J connectivity index is 2.89. The quantitative estimate of drug-likeness (QED) is 0.465. The first-order valence-electron chi connectivity index (χ1n) is 5.95. The summed E-state index contributed by atoms with van der Waals surface area (Å²) in [5.74, 6) is 2.43. The highest BCUT2D eigenvalue weighted by molar-refractivity contribution is 9.09. The Bertz CT molecular complexity index is 335. The molecule has 0 bridgehead atoms. The van der Waals surface area contributed by atoms with E-state index in [1.165, 1.54) is 29.1 Å². The Morgan fingerprint density at radius 3 is 2.47 bits per heavy atom. The van der Waals surface area contributed by atoms with Gasteiger partial charge >= 0.3 is 0 Å². The van der Waals surface area contributed by atoms with Gasteiger partial charge in [-0.05, 0) is 30.4 Å². The maximum Gasteiger partial charge on any atom is 0.0155 e. The summed E-state index contributed by atoms with van der Waals surface area (Å²) in [5, 5.41) is 2.03. The van der Waals surface area contributed by atoms with Gasteiger partial charge in [0.1, 0.15) is 0 Å². The van der Waals surface area contributed by atoms with Gasteiger partial charge in [-0.1, -0.05) is 68.6 Å². The Labute approximate surface area is 126 Å². The number of thioether (sulfide) groups is 1. The third-order valence-corrected chi connectivity index (χ3v) is 6.12. The highest BCUT2D eigenvalue weighted by Gasteiger charge is 2.29. The van der Waals surface area contributed by atoms with Crippen LogP contribution in [0.2, 0.25) is 0 Å². The second kappa shape index (κ2) is 7.85. The number of benzene rings is 1. The fourth-order valence-corrected chi connectivity index (χ4v) is 4.82. The molecule has 0 aliphatic heterocycles. The SMILES string of the molecule is CCSCCC(CBr)(CBr)c1cccc(C)c1. The zero-order valence-electron chi connectivity index (χ0n) is 10.5. The highest BCUT2D eigenvalue weighted by atomic mass is 79.9. The van der Waals surface area contributed by atoms with Gasteiger partial charge in [-0.15, -0.1) is 0 Å². The average molecular weight is 380 g/mol. The van der Waals surface area contributed by atoms with Crippen molar-refractivity contribution >= 4 is 43.6 Å². The van der Waals surface area contributed by atoms with Crippen molar-refractivity contribution in [2.24, 2.45) is 0 Å². The molecule has 0 radical (unpaired) electrons. The molecule has 0 fully saturated rings. The Morgan fingerprint density at radius 1 is 1.24 bits per heavy atom. The fraction of sp³-hybridized carbons (Fsp3) is 0.571. The minimum absolute atomic E-state index is 0.230. The van der Waals surface area contributed by atoms with Crippen LogP contribution in [0, 0.1) is 6.92 Å². The molecule has 1 rings (SSSR count). The van der Waals surface area contributed by atoms with Crippen LogP contribution in [-0.4, -0.2) is 22.2 Å². The molecule has 0 heterocycles. The lowest BCUT2D eigenvalue weighted by molar-refractivity contribution is 0.538. The van der Waals surface area contributed by atoms with Crippen LogP contribution in [0.15, 0.2) is 24.3 Å². The van der Waals surface area contributed by atoms with Gasteiger partial charge in [0, 0.05) is 16.1 Å². The minimum atomic E-state index is 0.230. The van der Waals surface area contributed by atoms with Gasteiger partial charge in [-0.2, -0.15) is 11.8 Å². The fourth-order valence-electron chi connectivity index (χ4n) is 1.85. The van der Waals surface area contributed by atoms with E-state index in [1.807, 2.05) is 11.8 Å². The molecular weight excluding hydrogens is 360 g/mol. The van der Waals surface area contributed by atoms with E-state index in [-0.39, 0.29) is 5.41 Å². The van der Waals surface area contributed by atoms with Gasteiger partial charge < -0.3 is 0 Å². The molecule has 0 unspecified atom stereocenters. The van der Waals surface area contributed by atoms with Crippen LogP contribution >= 0.6 is 43.6 Å². The molecule has 17 heavy (non-hydrogen) atoms. The normalized spacial score (nSPS) is 11.8. The predicted octanol–water partition coefficient (Wildman–Crippen LogP) is 5.17. The molecule has 0 aromatic heterocycles. The van der Waals surface area contributed by atoms with Crippen LogP contribution < -0.4 is 0 Å². The first-order valence-corrected chi connectivity index (χ1v) is 9.35. The predicted molar refractivity (Wildman–Crippen MR) is 88.1 cm³/mol. The van der Waals surface area contributed by atoms with Crippen LogP contribution in [0.1, 0.15) is 24.5 Å². The molecule has 3 heteroatoms. The van der Waals surface area contributed by atoms with E-state index < -0.39 is 0 Å². The molecule has 0 amide bonds. The average Bonchev–Trinajstić information content (AvgIpc) is 2.35. The van der Waals surface area contributed by atoms with Gasteiger partial charge in [0.2, 0.25) is 0 Å². The number of hydrogen-bond acceptors (Lipinski definition) is 1. The van der Waals surface area contributed by atoms with Crippen molar-refractivity contribution in [2.45, 2.75) is 25.7 Å². The molecule has 0 spiro atoms. The van der Waals surface area contributed by atoms with Crippen molar-refractivity contribution in [3.05, 3.63) is 35.4 Å². The topological polar surface area (TPSA) is 0 Å². The number of rotatable bonds is 7. The summed E-state index contributed by atoms with van der Waals surface area (Å²) in [6.07, 6.45) is 1.21. The molecule has 1 aromatic carbocycles. The Kier molecular flexibility index (Phi) is 7.20. The zero-order valence-corrected chi connectivity index (χ0v) is 14.5. The maximum absolute atomic E-state index is 3.71. The molecule has 0 atom stereocenters. The highest BCUT2D eigenvalue weighted by Crippen LogP contribution is 2.34. The van der Waals surface area contributed by atoms with Crippen molar-refractivity contribution in [2.75, 3.05) is 22.2 Å².